The lowest BCUT2D eigenvalue weighted by atomic mass is 10.2. The van der Waals surface area contributed by atoms with Gasteiger partial charge in [-0.05, 0) is 40.2 Å². The van der Waals surface area contributed by atoms with Crippen molar-refractivity contribution < 1.29 is 9.53 Å². The van der Waals surface area contributed by atoms with Gasteiger partial charge in [-0.1, -0.05) is 15.9 Å². The van der Waals surface area contributed by atoms with Crippen molar-refractivity contribution >= 4 is 43.7 Å². The van der Waals surface area contributed by atoms with Gasteiger partial charge in [0.2, 0.25) is 0 Å². The van der Waals surface area contributed by atoms with Gasteiger partial charge in [0.25, 0.3) is 0 Å². The normalized spacial score (nSPS) is 14.6. The Kier molecular flexibility index (Phi) is 2.74. The number of rotatable bonds is 0. The van der Waals surface area contributed by atoms with E-state index in [4.69, 9.17) is 4.74 Å². The van der Waals surface area contributed by atoms with Gasteiger partial charge in [-0.25, -0.2) is 0 Å². The van der Waals surface area contributed by atoms with Crippen molar-refractivity contribution in [3.63, 3.8) is 0 Å². The van der Waals surface area contributed by atoms with Gasteiger partial charge >= 0.3 is 0 Å². The molecule has 0 atom stereocenters. The maximum absolute atomic E-state index is 11.1. The molecule has 0 fully saturated rings. The molecular weight excluding hydrogens is 314 g/mol. The molecule has 0 radical (unpaired) electrons. The van der Waals surface area contributed by atoms with Gasteiger partial charge in [0.15, 0.2) is 12.4 Å². The smallest absolute Gasteiger partial charge is 0.193 e. The second-order valence-corrected chi connectivity index (χ2v) is 4.66. The van der Waals surface area contributed by atoms with Gasteiger partial charge in [-0.3, -0.25) is 4.79 Å². The van der Waals surface area contributed by atoms with Crippen molar-refractivity contribution in [3.8, 4) is 5.75 Å². The van der Waals surface area contributed by atoms with Crippen molar-refractivity contribution in [1.82, 2.24) is 0 Å². The molecule has 1 aliphatic heterocycles. The van der Waals surface area contributed by atoms with Crippen molar-refractivity contribution in [3.05, 3.63) is 32.7 Å². The number of ether oxygens (including phenoxy) is 1. The fourth-order valence-corrected chi connectivity index (χ4v) is 2.60. The summed E-state index contributed by atoms with van der Waals surface area (Å²) in [6.45, 7) is 0.101. The fourth-order valence-electron chi connectivity index (χ4n) is 1.23. The Labute approximate surface area is 98.2 Å². The first-order valence-corrected chi connectivity index (χ1v) is 5.58. The van der Waals surface area contributed by atoms with Crippen LogP contribution in [0.2, 0.25) is 0 Å². The summed E-state index contributed by atoms with van der Waals surface area (Å²) in [5.41, 5.74) is 0.900. The quantitative estimate of drug-likeness (QED) is 0.686. The Hall–Kier alpha value is -0.610. The maximum atomic E-state index is 11.1. The number of carbonyl (C=O) groups excluding carboxylic acids is 1. The molecule has 2 nitrogen and oxygen atoms in total. The van der Waals surface area contributed by atoms with Crippen LogP contribution in [0.1, 0.15) is 5.56 Å². The molecule has 1 heterocycles. The first-order chi connectivity index (χ1) is 6.66. The van der Waals surface area contributed by atoms with E-state index in [0.717, 1.165) is 20.3 Å². The Morgan fingerprint density at radius 2 is 2.00 bits per heavy atom. The van der Waals surface area contributed by atoms with Crippen LogP contribution in [0.4, 0.5) is 0 Å². The Morgan fingerprint density at radius 3 is 2.79 bits per heavy atom. The average molecular weight is 320 g/mol. The van der Waals surface area contributed by atoms with Gasteiger partial charge in [0, 0.05) is 10.0 Å². The molecule has 4 heteroatoms. The van der Waals surface area contributed by atoms with Crippen LogP contribution in [-0.4, -0.2) is 12.4 Å². The summed E-state index contributed by atoms with van der Waals surface area (Å²) < 4.78 is 7.16. The molecule has 1 aromatic carbocycles. The van der Waals surface area contributed by atoms with Crippen LogP contribution < -0.4 is 4.74 Å². The van der Waals surface area contributed by atoms with Crippen molar-refractivity contribution in [2.45, 2.75) is 0 Å². The minimum absolute atomic E-state index is 0.0239. The maximum Gasteiger partial charge on any atom is 0.193 e. The fraction of sp³-hybridized carbons (Fsp3) is 0.100. The van der Waals surface area contributed by atoms with Gasteiger partial charge in [-0.2, -0.15) is 0 Å². The molecule has 0 bridgehead atoms. The summed E-state index contributed by atoms with van der Waals surface area (Å²) in [5, 5.41) is 0. The molecule has 14 heavy (non-hydrogen) atoms. The molecule has 1 aliphatic rings. The predicted octanol–water partition coefficient (Wildman–Crippen LogP) is 3.19. The van der Waals surface area contributed by atoms with E-state index in [1.807, 2.05) is 12.1 Å². The van der Waals surface area contributed by atoms with Crippen LogP contribution in [0, 0.1) is 0 Å². The van der Waals surface area contributed by atoms with E-state index < -0.39 is 0 Å². The molecule has 1 aromatic rings. The molecule has 0 N–H and O–H groups in total. The topological polar surface area (TPSA) is 26.3 Å². The molecule has 0 unspecified atom stereocenters. The SMILES string of the molecule is [18O]=C1C=Cc2cc(Br)cc(Br)c2OC1. The molecule has 0 aromatic heterocycles. The number of hydrogen-bond acceptors (Lipinski definition) is 2. The number of hydrogen-bond donors (Lipinski definition) is 0. The monoisotopic (exact) mass is 318 g/mol. The molecule has 0 spiro atoms. The van der Waals surface area contributed by atoms with Gasteiger partial charge < -0.3 is 4.74 Å². The number of halogens is 2. The first kappa shape index (κ1) is 9.93. The van der Waals surface area contributed by atoms with Gasteiger partial charge in [-0.15, -0.1) is 0 Å². The van der Waals surface area contributed by atoms with E-state index in [1.54, 1.807) is 6.08 Å². The van der Waals surface area contributed by atoms with E-state index in [9.17, 15) is 4.79 Å². The highest BCUT2D eigenvalue weighted by Crippen LogP contribution is 2.34. The van der Waals surface area contributed by atoms with Crippen LogP contribution in [0.15, 0.2) is 27.2 Å². The molecule has 0 aliphatic carbocycles. The lowest BCUT2D eigenvalue weighted by molar-refractivity contribution is -0.116. The zero-order chi connectivity index (χ0) is 10.1. The largest absolute Gasteiger partial charge is 0.484 e. The van der Waals surface area contributed by atoms with Crippen LogP contribution >= 0.6 is 31.9 Å². The number of carbonyl (C=O) groups is 1. The third kappa shape index (κ3) is 1.91. The zero-order valence-electron chi connectivity index (χ0n) is 7.09. The standard InChI is InChI=1S/C10H6Br2O2/c11-7-3-6-1-2-8(13)5-14-10(6)9(12)4-7/h1-4H,5H2/i13+2. The predicted molar refractivity (Wildman–Crippen MR) is 61.4 cm³/mol. The second-order valence-electron chi connectivity index (χ2n) is 2.89. The summed E-state index contributed by atoms with van der Waals surface area (Å²) in [7, 11) is 0. The highest BCUT2D eigenvalue weighted by atomic mass is 79.9. The third-order valence-electron chi connectivity index (χ3n) is 1.84. The van der Waals surface area contributed by atoms with Crippen LogP contribution in [-0.2, 0) is 4.79 Å². The molecule has 0 amide bonds. The number of benzene rings is 1. The summed E-state index contributed by atoms with van der Waals surface area (Å²) >= 11 is 6.76. The Bertz CT molecular complexity index is 424. The van der Waals surface area contributed by atoms with E-state index >= 15 is 0 Å². The van der Waals surface area contributed by atoms with Crippen LogP contribution in [0.3, 0.4) is 0 Å². The molecule has 0 saturated carbocycles. The molecule has 0 saturated heterocycles. The Morgan fingerprint density at radius 1 is 1.21 bits per heavy atom. The average Bonchev–Trinajstić information content (AvgIpc) is 2.28. The lowest BCUT2D eigenvalue weighted by Crippen LogP contribution is -2.06. The van der Waals surface area contributed by atoms with E-state index in [2.05, 4.69) is 31.9 Å². The Balaban J connectivity index is 2.56. The summed E-state index contributed by atoms with van der Waals surface area (Å²) in [4.78, 5) is 11.1. The van der Waals surface area contributed by atoms with Crippen molar-refractivity contribution in [2.75, 3.05) is 6.61 Å². The van der Waals surface area contributed by atoms with E-state index in [1.165, 1.54) is 6.08 Å². The molecular formula is C10H6Br2O2. The minimum Gasteiger partial charge on any atom is -0.484 e. The van der Waals surface area contributed by atoms with Crippen LogP contribution in [0.25, 0.3) is 6.08 Å². The van der Waals surface area contributed by atoms with Gasteiger partial charge in [0.1, 0.15) is 5.75 Å². The molecule has 2 rings (SSSR count). The summed E-state index contributed by atoms with van der Waals surface area (Å²) in [5.74, 6) is 0.694. The highest BCUT2D eigenvalue weighted by molar-refractivity contribution is 9.11. The van der Waals surface area contributed by atoms with Gasteiger partial charge in [0.05, 0.1) is 4.47 Å². The third-order valence-corrected chi connectivity index (χ3v) is 2.89. The zero-order valence-corrected chi connectivity index (χ0v) is 10.3. The molecule has 72 valence electrons. The summed E-state index contributed by atoms with van der Waals surface area (Å²) in [6, 6.07) is 3.80. The minimum atomic E-state index is -0.0239. The highest BCUT2D eigenvalue weighted by Gasteiger charge is 2.12. The summed E-state index contributed by atoms with van der Waals surface area (Å²) in [6.07, 6.45) is 3.30. The van der Waals surface area contributed by atoms with E-state index in [-0.39, 0.29) is 12.4 Å². The number of fused-ring (bicyclic) bond motifs is 1. The van der Waals surface area contributed by atoms with E-state index in [0.29, 0.717) is 0 Å². The lowest BCUT2D eigenvalue weighted by Gasteiger charge is -2.08. The number of ketones is 1. The first-order valence-electron chi connectivity index (χ1n) is 3.99. The van der Waals surface area contributed by atoms with Crippen molar-refractivity contribution in [1.29, 1.82) is 0 Å². The second kappa shape index (κ2) is 3.87. The van der Waals surface area contributed by atoms with Crippen molar-refractivity contribution in [2.24, 2.45) is 0 Å². The van der Waals surface area contributed by atoms with Crippen LogP contribution in [0.5, 0.6) is 5.75 Å².